The number of hydrogen-bond acceptors (Lipinski definition) is 5. The molecule has 0 aliphatic carbocycles. The summed E-state index contributed by atoms with van der Waals surface area (Å²) < 4.78 is 3.14. The summed E-state index contributed by atoms with van der Waals surface area (Å²) >= 11 is 1.35. The molecular weight excluding hydrogens is 290 g/mol. The molecule has 1 amide bonds. The SMILES string of the molecule is CCn1cc(CNC(=O)c2cnc3sccn3c2=O)cn1. The highest BCUT2D eigenvalue weighted by atomic mass is 32.1. The predicted molar refractivity (Wildman–Crippen MR) is 78.4 cm³/mol. The van der Waals surface area contributed by atoms with Gasteiger partial charge in [0.2, 0.25) is 0 Å². The lowest BCUT2D eigenvalue weighted by Gasteiger charge is -2.03. The van der Waals surface area contributed by atoms with E-state index in [1.807, 2.05) is 13.1 Å². The summed E-state index contributed by atoms with van der Waals surface area (Å²) in [5, 5.41) is 8.59. The monoisotopic (exact) mass is 303 g/mol. The molecule has 3 rings (SSSR count). The first-order chi connectivity index (χ1) is 10.2. The van der Waals surface area contributed by atoms with E-state index in [1.54, 1.807) is 22.5 Å². The lowest BCUT2D eigenvalue weighted by molar-refractivity contribution is 0.0949. The second-order valence-electron chi connectivity index (χ2n) is 4.42. The van der Waals surface area contributed by atoms with Crippen molar-refractivity contribution in [3.8, 4) is 0 Å². The zero-order valence-corrected chi connectivity index (χ0v) is 12.1. The predicted octanol–water partition coefficient (Wildman–Crippen LogP) is 0.902. The molecule has 0 aromatic carbocycles. The number of amides is 1. The van der Waals surface area contributed by atoms with Crippen LogP contribution in [-0.4, -0.2) is 25.1 Å². The Morgan fingerprint density at radius 1 is 1.43 bits per heavy atom. The van der Waals surface area contributed by atoms with E-state index in [9.17, 15) is 9.59 Å². The first-order valence-corrected chi connectivity index (χ1v) is 7.31. The van der Waals surface area contributed by atoms with Gasteiger partial charge in [-0.05, 0) is 6.92 Å². The summed E-state index contributed by atoms with van der Waals surface area (Å²) in [4.78, 5) is 28.9. The molecule has 0 aliphatic rings. The highest BCUT2D eigenvalue weighted by Crippen LogP contribution is 2.06. The van der Waals surface area contributed by atoms with Gasteiger partial charge in [0.1, 0.15) is 5.56 Å². The minimum absolute atomic E-state index is 0.0359. The number of nitrogens with zero attached hydrogens (tertiary/aromatic N) is 4. The molecule has 0 spiro atoms. The Morgan fingerprint density at radius 3 is 3.05 bits per heavy atom. The molecule has 108 valence electrons. The van der Waals surface area contributed by atoms with Gasteiger partial charge in [0.25, 0.3) is 11.5 Å². The van der Waals surface area contributed by atoms with Crippen molar-refractivity contribution in [3.63, 3.8) is 0 Å². The van der Waals surface area contributed by atoms with Crippen LogP contribution in [0.3, 0.4) is 0 Å². The molecule has 7 nitrogen and oxygen atoms in total. The highest BCUT2D eigenvalue weighted by molar-refractivity contribution is 7.15. The Hall–Kier alpha value is -2.48. The van der Waals surface area contributed by atoms with Gasteiger partial charge in [-0.15, -0.1) is 11.3 Å². The molecule has 0 aliphatic heterocycles. The van der Waals surface area contributed by atoms with Gasteiger partial charge >= 0.3 is 0 Å². The molecule has 0 atom stereocenters. The van der Waals surface area contributed by atoms with Gasteiger partial charge in [0.15, 0.2) is 4.96 Å². The van der Waals surface area contributed by atoms with Crippen LogP contribution in [-0.2, 0) is 13.1 Å². The number of nitrogens with one attached hydrogen (secondary N) is 1. The molecule has 0 saturated heterocycles. The smallest absolute Gasteiger partial charge is 0.271 e. The summed E-state index contributed by atoms with van der Waals surface area (Å²) in [6.45, 7) is 3.08. The Kier molecular flexibility index (Phi) is 3.53. The number of rotatable bonds is 4. The average Bonchev–Trinajstić information content (AvgIpc) is 3.14. The van der Waals surface area contributed by atoms with Gasteiger partial charge < -0.3 is 5.32 Å². The fraction of sp³-hybridized carbons (Fsp3) is 0.231. The molecule has 3 aromatic rings. The van der Waals surface area contributed by atoms with Crippen LogP contribution in [0, 0.1) is 0 Å². The van der Waals surface area contributed by atoms with Crippen molar-refractivity contribution in [1.82, 2.24) is 24.5 Å². The average molecular weight is 303 g/mol. The van der Waals surface area contributed by atoms with Crippen molar-refractivity contribution >= 4 is 22.2 Å². The Morgan fingerprint density at radius 2 is 2.29 bits per heavy atom. The molecule has 1 N–H and O–H groups in total. The second kappa shape index (κ2) is 5.49. The summed E-state index contributed by atoms with van der Waals surface area (Å²) in [5.74, 6) is -0.433. The fourth-order valence-electron chi connectivity index (χ4n) is 1.93. The molecule has 0 unspecified atom stereocenters. The maximum Gasteiger partial charge on any atom is 0.271 e. The maximum atomic E-state index is 12.1. The van der Waals surface area contributed by atoms with Gasteiger partial charge in [-0.3, -0.25) is 18.7 Å². The molecule has 3 heterocycles. The van der Waals surface area contributed by atoms with E-state index in [0.29, 0.717) is 11.5 Å². The molecule has 0 saturated carbocycles. The Labute approximate surface area is 123 Å². The zero-order chi connectivity index (χ0) is 14.8. The molecular formula is C13H13N5O2S. The van der Waals surface area contributed by atoms with Crippen LogP contribution in [0.1, 0.15) is 22.8 Å². The van der Waals surface area contributed by atoms with Gasteiger partial charge in [-0.1, -0.05) is 0 Å². The summed E-state index contributed by atoms with van der Waals surface area (Å²) in [6, 6.07) is 0. The third kappa shape index (κ3) is 2.57. The molecule has 0 radical (unpaired) electrons. The molecule has 21 heavy (non-hydrogen) atoms. The fourth-order valence-corrected chi connectivity index (χ4v) is 2.60. The van der Waals surface area contributed by atoms with Crippen LogP contribution < -0.4 is 10.9 Å². The van der Waals surface area contributed by atoms with Crippen LogP contribution >= 0.6 is 11.3 Å². The standard InChI is InChI=1S/C13H13N5O2S/c1-2-17-8-9(6-16-17)5-14-11(19)10-7-15-13-18(12(10)20)3-4-21-13/h3-4,6-8H,2,5H2,1H3,(H,14,19). The van der Waals surface area contributed by atoms with Crippen molar-refractivity contribution in [2.24, 2.45) is 0 Å². The second-order valence-corrected chi connectivity index (χ2v) is 5.29. The Balaban J connectivity index is 1.77. The van der Waals surface area contributed by atoms with E-state index >= 15 is 0 Å². The topological polar surface area (TPSA) is 81.3 Å². The number of aryl methyl sites for hydroxylation is 1. The van der Waals surface area contributed by atoms with Crippen molar-refractivity contribution in [3.05, 3.63) is 51.6 Å². The van der Waals surface area contributed by atoms with Crippen LogP contribution in [0.15, 0.2) is 35.0 Å². The third-order valence-corrected chi connectivity index (χ3v) is 3.82. The number of aromatic nitrogens is 4. The number of hydrogen-bond donors (Lipinski definition) is 1. The molecule has 0 bridgehead atoms. The van der Waals surface area contributed by atoms with Crippen LogP contribution in [0.25, 0.3) is 4.96 Å². The summed E-state index contributed by atoms with van der Waals surface area (Å²) in [5.41, 5.74) is 0.562. The number of thiazole rings is 1. The third-order valence-electron chi connectivity index (χ3n) is 3.05. The quantitative estimate of drug-likeness (QED) is 0.776. The first-order valence-electron chi connectivity index (χ1n) is 6.43. The van der Waals surface area contributed by atoms with Crippen molar-refractivity contribution in [2.45, 2.75) is 20.0 Å². The minimum atomic E-state index is -0.433. The van der Waals surface area contributed by atoms with Crippen LogP contribution in [0.2, 0.25) is 0 Å². The van der Waals surface area contributed by atoms with Crippen molar-refractivity contribution in [2.75, 3.05) is 0 Å². The molecule has 8 heteroatoms. The largest absolute Gasteiger partial charge is 0.348 e. The summed E-state index contributed by atoms with van der Waals surface area (Å²) in [7, 11) is 0. The lowest BCUT2D eigenvalue weighted by Crippen LogP contribution is -2.30. The van der Waals surface area contributed by atoms with E-state index in [1.165, 1.54) is 21.9 Å². The lowest BCUT2D eigenvalue weighted by atomic mass is 10.3. The van der Waals surface area contributed by atoms with Crippen LogP contribution in [0.5, 0.6) is 0 Å². The van der Waals surface area contributed by atoms with E-state index in [2.05, 4.69) is 15.4 Å². The van der Waals surface area contributed by atoms with Crippen LogP contribution in [0.4, 0.5) is 0 Å². The summed E-state index contributed by atoms with van der Waals surface area (Å²) in [6.07, 6.45) is 6.47. The normalized spacial score (nSPS) is 10.9. The molecule has 3 aromatic heterocycles. The van der Waals surface area contributed by atoms with E-state index < -0.39 is 5.91 Å². The zero-order valence-electron chi connectivity index (χ0n) is 11.3. The van der Waals surface area contributed by atoms with Gasteiger partial charge in [0.05, 0.1) is 6.20 Å². The first kappa shape index (κ1) is 13.5. The number of fused-ring (bicyclic) bond motifs is 1. The minimum Gasteiger partial charge on any atom is -0.348 e. The van der Waals surface area contributed by atoms with Crippen molar-refractivity contribution < 1.29 is 4.79 Å². The molecule has 0 fully saturated rings. The number of carbonyl (C=O) groups is 1. The van der Waals surface area contributed by atoms with Crippen molar-refractivity contribution in [1.29, 1.82) is 0 Å². The highest BCUT2D eigenvalue weighted by Gasteiger charge is 2.13. The maximum absolute atomic E-state index is 12.1. The van der Waals surface area contributed by atoms with E-state index in [-0.39, 0.29) is 11.1 Å². The Bertz CT molecular complexity index is 847. The van der Waals surface area contributed by atoms with E-state index in [0.717, 1.165) is 12.1 Å². The van der Waals surface area contributed by atoms with Gasteiger partial charge in [-0.2, -0.15) is 5.10 Å². The van der Waals surface area contributed by atoms with Gasteiger partial charge in [0, 0.05) is 42.6 Å². The number of carbonyl (C=O) groups excluding carboxylic acids is 1. The van der Waals surface area contributed by atoms with Gasteiger partial charge in [-0.25, -0.2) is 4.98 Å². The van der Waals surface area contributed by atoms with E-state index in [4.69, 9.17) is 0 Å².